The summed E-state index contributed by atoms with van der Waals surface area (Å²) in [5.41, 5.74) is 0.873. The zero-order valence-corrected chi connectivity index (χ0v) is 6.84. The monoisotopic (exact) mass is 170 g/mol. The minimum atomic E-state index is -1.82. The van der Waals surface area contributed by atoms with Crippen molar-refractivity contribution in [2.75, 3.05) is 0 Å². The summed E-state index contributed by atoms with van der Waals surface area (Å²) in [7, 11) is -1.82. The maximum Gasteiger partial charge on any atom is 0.729 e. The Morgan fingerprint density at radius 3 is 3.00 bits per heavy atom. The van der Waals surface area contributed by atoms with E-state index in [2.05, 4.69) is 9.85 Å². The van der Waals surface area contributed by atoms with Gasteiger partial charge >= 0.3 is 7.32 Å². The molecule has 66 valence electrons. The van der Waals surface area contributed by atoms with Crippen LogP contribution in [0.2, 0.25) is 0 Å². The highest BCUT2D eigenvalue weighted by Gasteiger charge is 2.11. The van der Waals surface area contributed by atoms with Gasteiger partial charge < -0.3 is 14.8 Å². The van der Waals surface area contributed by atoms with Crippen molar-refractivity contribution in [1.82, 2.24) is 9.94 Å². The largest absolute Gasteiger partial charge is 0.729 e. The lowest BCUT2D eigenvalue weighted by Crippen LogP contribution is -2.29. The second kappa shape index (κ2) is 4.13. The Balaban J connectivity index is 2.52. The molecule has 0 atom stereocenters. The summed E-state index contributed by atoms with van der Waals surface area (Å²) in [6.07, 6.45) is 3.39. The van der Waals surface area contributed by atoms with Gasteiger partial charge in [-0.3, -0.25) is 0 Å². The van der Waals surface area contributed by atoms with Crippen LogP contribution in [0.25, 0.3) is 0 Å². The Labute approximate surface area is 70.7 Å². The van der Waals surface area contributed by atoms with Gasteiger partial charge in [-0.2, -0.15) is 0 Å². The smallest absolute Gasteiger partial charge is 0.405 e. The molecule has 1 aromatic heterocycles. The normalized spacial score (nSPS) is 9.92. The minimum absolute atomic E-state index is 0.859. The highest BCUT2D eigenvalue weighted by atomic mass is 16.7. The van der Waals surface area contributed by atoms with Crippen LogP contribution in [0.15, 0.2) is 12.3 Å². The van der Waals surface area contributed by atoms with E-state index in [0.717, 1.165) is 23.4 Å². The predicted octanol–water partition coefficient (Wildman–Crippen LogP) is -0.766. The second-order valence-electron chi connectivity index (χ2n) is 2.39. The first-order chi connectivity index (χ1) is 5.72. The van der Waals surface area contributed by atoms with Crippen molar-refractivity contribution < 1.29 is 14.8 Å². The van der Waals surface area contributed by atoms with Gasteiger partial charge in [0.25, 0.3) is 0 Å². The van der Waals surface area contributed by atoms with Crippen molar-refractivity contribution in [2.45, 2.75) is 19.8 Å². The first kappa shape index (κ1) is 9.09. The summed E-state index contributed by atoms with van der Waals surface area (Å²) in [6, 6.07) is 1.77. The number of rotatable bonds is 4. The van der Waals surface area contributed by atoms with Crippen LogP contribution in [0.5, 0.6) is 0 Å². The van der Waals surface area contributed by atoms with E-state index < -0.39 is 7.32 Å². The van der Waals surface area contributed by atoms with Crippen molar-refractivity contribution in [3.8, 4) is 0 Å². The molecule has 2 N–H and O–H groups in total. The first-order valence-electron chi connectivity index (χ1n) is 3.80. The number of hydrogen-bond acceptors (Lipinski definition) is 4. The predicted molar refractivity (Wildman–Crippen MR) is 43.0 cm³/mol. The molecule has 0 aliphatic rings. The number of hydrogen-bond donors (Lipinski definition) is 2. The Morgan fingerprint density at radius 1 is 1.67 bits per heavy atom. The van der Waals surface area contributed by atoms with E-state index in [1.54, 1.807) is 6.07 Å². The van der Waals surface area contributed by atoms with Gasteiger partial charge in [-0.25, -0.2) is 0 Å². The Hall–Kier alpha value is -1.01. The maximum atomic E-state index is 8.42. The quantitative estimate of drug-likeness (QED) is 0.582. The lowest BCUT2D eigenvalue weighted by atomic mass is 10.3. The molecular weight excluding hydrogens is 159 g/mol. The lowest BCUT2D eigenvalue weighted by molar-refractivity contribution is 0.140. The SMILES string of the molecule is CCCc1ccn(OB(O)O)n1. The molecule has 0 bridgehead atoms. The van der Waals surface area contributed by atoms with E-state index in [-0.39, 0.29) is 0 Å². The first-order valence-corrected chi connectivity index (χ1v) is 3.80. The molecule has 0 aliphatic carbocycles. The number of nitrogens with zero attached hydrogens (tertiary/aromatic N) is 2. The summed E-state index contributed by atoms with van der Waals surface area (Å²) < 4.78 is 4.46. The van der Waals surface area contributed by atoms with Crippen LogP contribution in [0.1, 0.15) is 19.0 Å². The molecular formula is C6H11BN2O3. The van der Waals surface area contributed by atoms with Crippen LogP contribution in [-0.4, -0.2) is 27.3 Å². The van der Waals surface area contributed by atoms with Gasteiger partial charge in [-0.15, -0.1) is 9.94 Å². The fourth-order valence-electron chi connectivity index (χ4n) is 0.888. The van der Waals surface area contributed by atoms with Gasteiger partial charge in [-0.05, 0) is 12.5 Å². The average Bonchev–Trinajstić information content (AvgIpc) is 2.36. The van der Waals surface area contributed by atoms with Gasteiger partial charge in [0.05, 0.1) is 11.9 Å². The molecule has 0 amide bonds. The van der Waals surface area contributed by atoms with Crippen molar-refractivity contribution >= 4 is 7.32 Å². The van der Waals surface area contributed by atoms with Gasteiger partial charge in [-0.1, -0.05) is 13.3 Å². The average molecular weight is 170 g/mol. The molecule has 0 spiro atoms. The molecule has 12 heavy (non-hydrogen) atoms. The van der Waals surface area contributed by atoms with Crippen molar-refractivity contribution in [2.24, 2.45) is 0 Å². The molecule has 0 aromatic carbocycles. The van der Waals surface area contributed by atoms with E-state index in [1.165, 1.54) is 6.20 Å². The highest BCUT2D eigenvalue weighted by molar-refractivity contribution is 6.32. The van der Waals surface area contributed by atoms with Crippen molar-refractivity contribution in [3.05, 3.63) is 18.0 Å². The molecule has 0 radical (unpaired) electrons. The van der Waals surface area contributed by atoms with Crippen LogP contribution in [-0.2, 0) is 6.42 Å². The van der Waals surface area contributed by atoms with E-state index >= 15 is 0 Å². The third-order valence-electron chi connectivity index (χ3n) is 1.33. The topological polar surface area (TPSA) is 67.5 Å². The third-order valence-corrected chi connectivity index (χ3v) is 1.33. The highest BCUT2D eigenvalue weighted by Crippen LogP contribution is 1.97. The summed E-state index contributed by atoms with van der Waals surface area (Å²) in [4.78, 5) is 1.04. The molecule has 0 saturated heterocycles. The zero-order valence-electron chi connectivity index (χ0n) is 6.84. The zero-order chi connectivity index (χ0) is 8.97. The van der Waals surface area contributed by atoms with Gasteiger partial charge in [0.1, 0.15) is 0 Å². The van der Waals surface area contributed by atoms with Crippen LogP contribution < -0.4 is 4.76 Å². The third kappa shape index (κ3) is 2.56. The fourth-order valence-corrected chi connectivity index (χ4v) is 0.888. The lowest BCUT2D eigenvalue weighted by Gasteiger charge is -2.01. The molecule has 5 nitrogen and oxygen atoms in total. The van der Waals surface area contributed by atoms with Gasteiger partial charge in [0, 0.05) is 0 Å². The van der Waals surface area contributed by atoms with Gasteiger partial charge in [0.2, 0.25) is 0 Å². The molecule has 0 saturated carbocycles. The van der Waals surface area contributed by atoms with Crippen molar-refractivity contribution in [1.29, 1.82) is 0 Å². The van der Waals surface area contributed by atoms with Gasteiger partial charge in [0.15, 0.2) is 0 Å². The van der Waals surface area contributed by atoms with Crippen LogP contribution >= 0.6 is 0 Å². The fraction of sp³-hybridized carbons (Fsp3) is 0.500. The molecule has 0 fully saturated rings. The van der Waals surface area contributed by atoms with E-state index in [9.17, 15) is 0 Å². The van der Waals surface area contributed by atoms with E-state index in [4.69, 9.17) is 10.0 Å². The molecule has 1 heterocycles. The molecule has 1 aromatic rings. The Bertz CT molecular complexity index is 238. The van der Waals surface area contributed by atoms with E-state index in [0.29, 0.717) is 0 Å². The van der Waals surface area contributed by atoms with Crippen molar-refractivity contribution in [3.63, 3.8) is 0 Å². The molecule has 1 rings (SSSR count). The maximum absolute atomic E-state index is 8.42. The summed E-state index contributed by atoms with van der Waals surface area (Å²) in [5, 5.41) is 20.7. The molecule has 0 unspecified atom stereocenters. The van der Waals surface area contributed by atoms with Crippen LogP contribution in [0, 0.1) is 0 Å². The molecule has 6 heteroatoms. The van der Waals surface area contributed by atoms with E-state index in [1.807, 2.05) is 6.92 Å². The Kier molecular flexibility index (Phi) is 3.13. The number of aromatic nitrogens is 2. The summed E-state index contributed by atoms with van der Waals surface area (Å²) in [5.74, 6) is 0. The summed E-state index contributed by atoms with van der Waals surface area (Å²) >= 11 is 0. The van der Waals surface area contributed by atoms with Crippen LogP contribution in [0.4, 0.5) is 0 Å². The van der Waals surface area contributed by atoms with Crippen LogP contribution in [0.3, 0.4) is 0 Å². The molecule has 0 aliphatic heterocycles. The number of aryl methyl sites for hydroxylation is 1. The Morgan fingerprint density at radius 2 is 2.42 bits per heavy atom. The standard InChI is InChI=1S/C6H11BN2O3/c1-2-3-6-4-5-9(8-6)12-7(10)11/h4-5,10-11H,2-3H2,1H3. The second-order valence-corrected chi connectivity index (χ2v) is 2.39. The summed E-state index contributed by atoms with van der Waals surface area (Å²) in [6.45, 7) is 2.04. The minimum Gasteiger partial charge on any atom is -0.405 e.